The Hall–Kier alpha value is -3.28. The van der Waals surface area contributed by atoms with Crippen molar-refractivity contribution in [3.05, 3.63) is 66.0 Å². The number of methoxy groups -OCH3 is 1. The number of anilines is 4. The molecular weight excluding hydrogens is 326 g/mol. The lowest BCUT2D eigenvalue weighted by Gasteiger charge is -2.14. The first-order valence-electron chi connectivity index (χ1n) is 8.49. The Balaban J connectivity index is 1.64. The number of aromatic nitrogens is 2. The number of benzene rings is 2. The largest absolute Gasteiger partial charge is 0.494 e. The van der Waals surface area contributed by atoms with Crippen LogP contribution in [0.5, 0.6) is 5.75 Å². The summed E-state index contributed by atoms with van der Waals surface area (Å²) in [6.07, 6.45) is 1.79. The van der Waals surface area contributed by atoms with E-state index < -0.39 is 0 Å². The molecule has 0 spiro atoms. The number of para-hydroxylation sites is 1. The van der Waals surface area contributed by atoms with Gasteiger partial charge in [0, 0.05) is 43.1 Å². The molecule has 0 saturated heterocycles. The van der Waals surface area contributed by atoms with Crippen molar-refractivity contribution in [1.29, 1.82) is 0 Å². The number of ether oxygens (including phenoxy) is 1. The van der Waals surface area contributed by atoms with E-state index in [1.807, 2.05) is 18.2 Å². The summed E-state index contributed by atoms with van der Waals surface area (Å²) >= 11 is 0. The number of nitrogens with two attached hydrogens (primary N) is 1. The molecule has 2 aromatic carbocycles. The van der Waals surface area contributed by atoms with Crippen LogP contribution in [0, 0.1) is 0 Å². The van der Waals surface area contributed by atoms with Gasteiger partial charge in [-0.2, -0.15) is 0 Å². The molecule has 1 aromatic heterocycles. The van der Waals surface area contributed by atoms with Crippen molar-refractivity contribution in [2.75, 3.05) is 36.7 Å². The number of fused-ring (bicyclic) bond motifs is 1. The van der Waals surface area contributed by atoms with Gasteiger partial charge in [-0.05, 0) is 29.8 Å². The van der Waals surface area contributed by atoms with Gasteiger partial charge in [-0.3, -0.25) is 0 Å². The van der Waals surface area contributed by atoms with Gasteiger partial charge in [0.05, 0.1) is 18.5 Å². The van der Waals surface area contributed by atoms with Crippen LogP contribution in [0.4, 0.5) is 23.0 Å². The number of rotatable bonds is 4. The number of nitrogens with one attached hydrogen (secondary N) is 1. The highest BCUT2D eigenvalue weighted by atomic mass is 16.5. The molecule has 0 amide bonds. The summed E-state index contributed by atoms with van der Waals surface area (Å²) in [6, 6.07) is 15.9. The van der Waals surface area contributed by atoms with Gasteiger partial charge in [0.2, 0.25) is 5.95 Å². The van der Waals surface area contributed by atoms with Crippen LogP contribution in [-0.2, 0) is 0 Å². The van der Waals surface area contributed by atoms with E-state index in [1.54, 1.807) is 19.4 Å². The molecule has 0 radical (unpaired) electrons. The quantitative estimate of drug-likeness (QED) is 0.705. The molecular formula is C20H21N5O. The van der Waals surface area contributed by atoms with E-state index >= 15 is 0 Å². The standard InChI is InChI=1S/C20H21N5O/c1-25-12-15(14-5-3-4-6-18(14)25)16-9-10-22-20(23-16)24-17-8-7-13(21)11-19(17)26-2/h3-11,15H,12,21H2,1-2H3,(H,22,23,24). The highest BCUT2D eigenvalue weighted by Crippen LogP contribution is 2.38. The Kier molecular flexibility index (Phi) is 4.08. The minimum atomic E-state index is 0.230. The van der Waals surface area contributed by atoms with Gasteiger partial charge < -0.3 is 20.7 Å². The van der Waals surface area contributed by atoms with E-state index in [0.29, 0.717) is 17.4 Å². The van der Waals surface area contributed by atoms with E-state index in [1.165, 1.54) is 11.3 Å². The lowest BCUT2D eigenvalue weighted by molar-refractivity contribution is 0.417. The first-order valence-corrected chi connectivity index (χ1v) is 8.49. The van der Waals surface area contributed by atoms with Crippen molar-refractivity contribution in [3.8, 4) is 5.75 Å². The molecule has 6 nitrogen and oxygen atoms in total. The summed E-state index contributed by atoms with van der Waals surface area (Å²) in [4.78, 5) is 11.4. The van der Waals surface area contributed by atoms with Gasteiger partial charge in [-0.15, -0.1) is 0 Å². The van der Waals surface area contributed by atoms with E-state index in [0.717, 1.165) is 17.9 Å². The summed E-state index contributed by atoms with van der Waals surface area (Å²) in [5, 5.41) is 3.23. The molecule has 1 atom stereocenters. The molecule has 1 aliphatic heterocycles. The highest BCUT2D eigenvalue weighted by molar-refractivity contribution is 5.67. The second kappa shape index (κ2) is 6.55. The van der Waals surface area contributed by atoms with Crippen molar-refractivity contribution in [2.24, 2.45) is 0 Å². The molecule has 0 aliphatic carbocycles. The third-order valence-corrected chi connectivity index (χ3v) is 4.69. The average molecular weight is 347 g/mol. The summed E-state index contributed by atoms with van der Waals surface area (Å²) < 4.78 is 5.38. The maximum Gasteiger partial charge on any atom is 0.227 e. The van der Waals surface area contributed by atoms with Crippen molar-refractivity contribution in [3.63, 3.8) is 0 Å². The number of hydrogen-bond donors (Lipinski definition) is 2. The van der Waals surface area contributed by atoms with Crippen LogP contribution in [-0.4, -0.2) is 30.7 Å². The Labute approximate surface area is 152 Å². The zero-order valence-electron chi connectivity index (χ0n) is 14.8. The third kappa shape index (κ3) is 2.90. The van der Waals surface area contributed by atoms with Crippen molar-refractivity contribution >= 4 is 23.0 Å². The van der Waals surface area contributed by atoms with Crippen LogP contribution in [0.1, 0.15) is 17.2 Å². The van der Waals surface area contributed by atoms with Crippen LogP contribution >= 0.6 is 0 Å². The minimum Gasteiger partial charge on any atom is -0.494 e. The molecule has 6 heteroatoms. The van der Waals surface area contributed by atoms with Crippen molar-refractivity contribution in [2.45, 2.75) is 5.92 Å². The second-order valence-corrected chi connectivity index (χ2v) is 6.38. The van der Waals surface area contributed by atoms with Crippen molar-refractivity contribution < 1.29 is 4.74 Å². The maximum absolute atomic E-state index is 5.82. The van der Waals surface area contributed by atoms with Gasteiger partial charge >= 0.3 is 0 Å². The lowest BCUT2D eigenvalue weighted by Crippen LogP contribution is -2.16. The van der Waals surface area contributed by atoms with Gasteiger partial charge in [-0.1, -0.05) is 18.2 Å². The monoisotopic (exact) mass is 347 g/mol. The van der Waals surface area contributed by atoms with Crippen molar-refractivity contribution in [1.82, 2.24) is 9.97 Å². The van der Waals surface area contributed by atoms with E-state index in [4.69, 9.17) is 15.5 Å². The molecule has 1 unspecified atom stereocenters. The molecule has 26 heavy (non-hydrogen) atoms. The lowest BCUT2D eigenvalue weighted by atomic mass is 9.98. The SMILES string of the molecule is COc1cc(N)ccc1Nc1nccc(C2CN(C)c3ccccc32)n1. The Bertz CT molecular complexity index is 943. The normalized spacial score (nSPS) is 15.6. The molecule has 3 aromatic rings. The first-order chi connectivity index (χ1) is 12.7. The molecule has 2 heterocycles. The third-order valence-electron chi connectivity index (χ3n) is 4.69. The topological polar surface area (TPSA) is 76.3 Å². The summed E-state index contributed by atoms with van der Waals surface area (Å²) in [5.74, 6) is 1.43. The number of likely N-dealkylation sites (N-methyl/N-ethyl adjacent to an activating group) is 1. The van der Waals surface area contributed by atoms with Gasteiger partial charge in [-0.25, -0.2) is 9.97 Å². The average Bonchev–Trinajstić information content (AvgIpc) is 3.00. The molecule has 4 rings (SSSR count). The van der Waals surface area contributed by atoms with Gasteiger partial charge in [0.1, 0.15) is 5.75 Å². The van der Waals surface area contributed by atoms with Gasteiger partial charge in [0.15, 0.2) is 0 Å². The maximum atomic E-state index is 5.82. The highest BCUT2D eigenvalue weighted by Gasteiger charge is 2.28. The predicted octanol–water partition coefficient (Wildman–Crippen LogP) is 3.39. The molecule has 132 valence electrons. The Morgan fingerprint density at radius 3 is 2.88 bits per heavy atom. The smallest absolute Gasteiger partial charge is 0.227 e. The first kappa shape index (κ1) is 16.2. The van der Waals surface area contributed by atoms with Crippen LogP contribution in [0.3, 0.4) is 0 Å². The zero-order valence-corrected chi connectivity index (χ0v) is 14.8. The molecule has 3 N–H and O–H groups in total. The molecule has 0 fully saturated rings. The van der Waals surface area contributed by atoms with E-state index in [-0.39, 0.29) is 5.92 Å². The molecule has 0 saturated carbocycles. The number of nitrogen functional groups attached to an aromatic ring is 1. The molecule has 1 aliphatic rings. The summed E-state index contributed by atoms with van der Waals surface area (Å²) in [6.45, 7) is 0.904. The molecule has 0 bridgehead atoms. The second-order valence-electron chi connectivity index (χ2n) is 6.38. The summed E-state index contributed by atoms with van der Waals surface area (Å²) in [7, 11) is 3.72. The predicted molar refractivity (Wildman–Crippen MR) is 104 cm³/mol. The zero-order chi connectivity index (χ0) is 18.1. The van der Waals surface area contributed by atoms with E-state index in [9.17, 15) is 0 Å². The Morgan fingerprint density at radius 2 is 2.04 bits per heavy atom. The summed E-state index contributed by atoms with van der Waals surface area (Å²) in [5.41, 5.74) is 10.8. The Morgan fingerprint density at radius 1 is 1.19 bits per heavy atom. The van der Waals surface area contributed by atoms with Crippen LogP contribution in [0.15, 0.2) is 54.7 Å². The minimum absolute atomic E-state index is 0.230. The van der Waals surface area contributed by atoms with Crippen LogP contribution in [0.2, 0.25) is 0 Å². The number of hydrogen-bond acceptors (Lipinski definition) is 6. The van der Waals surface area contributed by atoms with Gasteiger partial charge in [0.25, 0.3) is 0 Å². The fraction of sp³-hybridized carbons (Fsp3) is 0.200. The fourth-order valence-electron chi connectivity index (χ4n) is 3.41. The number of nitrogens with zero attached hydrogens (tertiary/aromatic N) is 3. The fourth-order valence-corrected chi connectivity index (χ4v) is 3.41. The van der Waals surface area contributed by atoms with E-state index in [2.05, 4.69) is 46.5 Å². The van der Waals surface area contributed by atoms with Crippen LogP contribution in [0.25, 0.3) is 0 Å². The van der Waals surface area contributed by atoms with Crippen LogP contribution < -0.4 is 20.7 Å².